The Bertz CT molecular complexity index is 360. The van der Waals surface area contributed by atoms with Crippen LogP contribution in [0.15, 0.2) is 24.3 Å². The molecule has 0 unspecified atom stereocenters. The second-order valence-corrected chi connectivity index (χ2v) is 3.25. The fourth-order valence-corrected chi connectivity index (χ4v) is 1.10. The zero-order valence-electron chi connectivity index (χ0n) is 8.74. The predicted molar refractivity (Wildman–Crippen MR) is 53.8 cm³/mol. The van der Waals surface area contributed by atoms with Crippen LogP contribution < -0.4 is 4.74 Å². The molecule has 0 aliphatic rings. The highest BCUT2D eigenvalue weighted by atomic mass is 19.3. The van der Waals surface area contributed by atoms with Gasteiger partial charge < -0.3 is 9.84 Å². The second-order valence-electron chi connectivity index (χ2n) is 3.25. The number of alkyl halides is 2. The molecular weight excluding hydrogens is 218 g/mol. The lowest BCUT2D eigenvalue weighted by Crippen LogP contribution is -2.25. The molecule has 0 atom stereocenters. The van der Waals surface area contributed by atoms with Gasteiger partial charge in [0.2, 0.25) is 0 Å². The Morgan fingerprint density at radius 2 is 1.94 bits per heavy atom. The summed E-state index contributed by atoms with van der Waals surface area (Å²) in [5.41, 5.74) is -0.552. The van der Waals surface area contributed by atoms with E-state index < -0.39 is 17.5 Å². The maximum atomic E-state index is 13.0. The van der Waals surface area contributed by atoms with Crippen LogP contribution in [0.25, 0.3) is 0 Å². The van der Waals surface area contributed by atoms with E-state index in [9.17, 15) is 13.6 Å². The SMILES string of the molecule is CCCOc1ccc(C(F)(F)C(=O)O)cc1. The Labute approximate surface area is 91.7 Å². The first-order chi connectivity index (χ1) is 7.48. The van der Waals surface area contributed by atoms with E-state index in [0.717, 1.165) is 18.6 Å². The summed E-state index contributed by atoms with van der Waals surface area (Å²) in [7, 11) is 0. The van der Waals surface area contributed by atoms with E-state index in [1.807, 2.05) is 6.92 Å². The largest absolute Gasteiger partial charge is 0.494 e. The lowest BCUT2D eigenvalue weighted by molar-refractivity contribution is -0.166. The van der Waals surface area contributed by atoms with Gasteiger partial charge in [0.1, 0.15) is 5.75 Å². The van der Waals surface area contributed by atoms with Crippen LogP contribution in [0, 0.1) is 0 Å². The maximum absolute atomic E-state index is 13.0. The van der Waals surface area contributed by atoms with Crippen LogP contribution in [0.3, 0.4) is 0 Å². The lowest BCUT2D eigenvalue weighted by Gasteiger charge is -2.12. The van der Waals surface area contributed by atoms with Gasteiger partial charge in [-0.2, -0.15) is 8.78 Å². The van der Waals surface area contributed by atoms with E-state index in [0.29, 0.717) is 12.4 Å². The van der Waals surface area contributed by atoms with Crippen LogP contribution in [0.1, 0.15) is 18.9 Å². The molecule has 0 bridgehead atoms. The molecule has 0 spiro atoms. The Balaban J connectivity index is 2.82. The summed E-state index contributed by atoms with van der Waals surface area (Å²) in [6.07, 6.45) is 0.813. The van der Waals surface area contributed by atoms with E-state index in [-0.39, 0.29) is 0 Å². The number of halogens is 2. The van der Waals surface area contributed by atoms with Crippen LogP contribution in [0.4, 0.5) is 8.78 Å². The minimum atomic E-state index is -3.86. The highest BCUT2D eigenvalue weighted by Crippen LogP contribution is 2.29. The summed E-state index contributed by atoms with van der Waals surface area (Å²) in [6.45, 7) is 2.42. The van der Waals surface area contributed by atoms with Crippen LogP contribution in [-0.4, -0.2) is 17.7 Å². The Hall–Kier alpha value is -1.65. The van der Waals surface area contributed by atoms with Gasteiger partial charge in [-0.15, -0.1) is 0 Å². The molecular formula is C11H12F2O3. The average molecular weight is 230 g/mol. The normalized spacial score (nSPS) is 11.2. The van der Waals surface area contributed by atoms with Crippen LogP contribution in [-0.2, 0) is 10.7 Å². The van der Waals surface area contributed by atoms with E-state index in [1.54, 1.807) is 0 Å². The van der Waals surface area contributed by atoms with Crippen LogP contribution >= 0.6 is 0 Å². The van der Waals surface area contributed by atoms with Crippen molar-refractivity contribution in [2.45, 2.75) is 19.3 Å². The number of rotatable bonds is 5. The van der Waals surface area contributed by atoms with Gasteiger partial charge in [-0.1, -0.05) is 6.92 Å². The molecule has 5 heteroatoms. The lowest BCUT2D eigenvalue weighted by atomic mass is 10.1. The number of carboxylic acids is 1. The van der Waals surface area contributed by atoms with Crippen molar-refractivity contribution in [2.24, 2.45) is 0 Å². The minimum Gasteiger partial charge on any atom is -0.494 e. The third-order valence-corrected chi connectivity index (χ3v) is 1.96. The van der Waals surface area contributed by atoms with Crippen LogP contribution in [0.5, 0.6) is 5.75 Å². The molecule has 3 nitrogen and oxygen atoms in total. The van der Waals surface area contributed by atoms with Crippen molar-refractivity contribution in [1.82, 2.24) is 0 Å². The van der Waals surface area contributed by atoms with Crippen LogP contribution in [0.2, 0.25) is 0 Å². The summed E-state index contributed by atoms with van der Waals surface area (Å²) >= 11 is 0. The van der Waals surface area contributed by atoms with Gasteiger partial charge in [-0.25, -0.2) is 4.79 Å². The number of hydrogen-bond donors (Lipinski definition) is 1. The van der Waals surface area contributed by atoms with E-state index in [1.165, 1.54) is 12.1 Å². The van der Waals surface area contributed by atoms with Crippen molar-refractivity contribution in [1.29, 1.82) is 0 Å². The molecule has 0 aliphatic carbocycles. The van der Waals surface area contributed by atoms with Crippen molar-refractivity contribution in [3.05, 3.63) is 29.8 Å². The quantitative estimate of drug-likeness (QED) is 0.845. The molecule has 0 radical (unpaired) electrons. The minimum absolute atomic E-state index is 0.451. The number of aliphatic carboxylic acids is 1. The van der Waals surface area contributed by atoms with Gasteiger partial charge >= 0.3 is 11.9 Å². The third kappa shape index (κ3) is 2.68. The Morgan fingerprint density at radius 1 is 1.38 bits per heavy atom. The van der Waals surface area contributed by atoms with Crippen molar-refractivity contribution < 1.29 is 23.4 Å². The third-order valence-electron chi connectivity index (χ3n) is 1.96. The summed E-state index contributed by atoms with van der Waals surface area (Å²) in [5.74, 6) is -5.56. The maximum Gasteiger partial charge on any atom is 0.379 e. The molecule has 0 saturated heterocycles. The second kappa shape index (κ2) is 4.92. The Kier molecular flexibility index (Phi) is 3.82. The molecule has 88 valence electrons. The van der Waals surface area contributed by atoms with E-state index in [2.05, 4.69) is 0 Å². The summed E-state index contributed by atoms with van der Waals surface area (Å²) in [4.78, 5) is 10.3. The van der Waals surface area contributed by atoms with Crippen molar-refractivity contribution in [3.63, 3.8) is 0 Å². The fraction of sp³-hybridized carbons (Fsp3) is 0.364. The van der Waals surface area contributed by atoms with Crippen molar-refractivity contribution >= 4 is 5.97 Å². The molecule has 0 amide bonds. The standard InChI is InChI=1S/C11H12F2O3/c1-2-7-16-9-5-3-8(4-6-9)11(12,13)10(14)15/h3-6H,2,7H2,1H3,(H,14,15). The number of ether oxygens (including phenoxy) is 1. The molecule has 1 aromatic carbocycles. The van der Waals surface area contributed by atoms with E-state index >= 15 is 0 Å². The molecule has 1 rings (SSSR count). The van der Waals surface area contributed by atoms with Gasteiger partial charge in [0.25, 0.3) is 0 Å². The van der Waals surface area contributed by atoms with Crippen molar-refractivity contribution in [2.75, 3.05) is 6.61 Å². The first-order valence-electron chi connectivity index (χ1n) is 4.83. The van der Waals surface area contributed by atoms with E-state index in [4.69, 9.17) is 9.84 Å². The zero-order valence-corrected chi connectivity index (χ0v) is 8.74. The topological polar surface area (TPSA) is 46.5 Å². The van der Waals surface area contributed by atoms with Gasteiger partial charge in [0.15, 0.2) is 0 Å². The summed E-state index contributed by atoms with van der Waals surface area (Å²) < 4.78 is 31.2. The highest BCUT2D eigenvalue weighted by Gasteiger charge is 2.40. The summed E-state index contributed by atoms with van der Waals surface area (Å²) in [5, 5.41) is 8.32. The molecule has 0 saturated carbocycles. The average Bonchev–Trinajstić information content (AvgIpc) is 2.26. The molecule has 1 N–H and O–H groups in total. The van der Waals surface area contributed by atoms with Gasteiger partial charge in [-0.3, -0.25) is 0 Å². The number of benzene rings is 1. The zero-order chi connectivity index (χ0) is 12.2. The first-order valence-corrected chi connectivity index (χ1v) is 4.83. The monoisotopic (exact) mass is 230 g/mol. The molecule has 0 aliphatic heterocycles. The molecule has 0 aromatic heterocycles. The number of hydrogen-bond acceptors (Lipinski definition) is 2. The number of carbonyl (C=O) groups is 1. The number of carboxylic acid groups (broad SMARTS) is 1. The molecule has 16 heavy (non-hydrogen) atoms. The predicted octanol–water partition coefficient (Wildman–Crippen LogP) is 2.65. The fourth-order valence-electron chi connectivity index (χ4n) is 1.10. The molecule has 0 heterocycles. The van der Waals surface area contributed by atoms with Crippen molar-refractivity contribution in [3.8, 4) is 5.75 Å². The van der Waals surface area contributed by atoms with Gasteiger partial charge in [0, 0.05) is 5.56 Å². The highest BCUT2D eigenvalue weighted by molar-refractivity contribution is 5.77. The summed E-state index contributed by atoms with van der Waals surface area (Å²) in [6, 6.07) is 4.78. The first kappa shape index (κ1) is 12.4. The molecule has 0 fully saturated rings. The Morgan fingerprint density at radius 3 is 2.38 bits per heavy atom. The molecule has 1 aromatic rings. The van der Waals surface area contributed by atoms with Gasteiger partial charge in [-0.05, 0) is 30.7 Å². The van der Waals surface area contributed by atoms with Gasteiger partial charge in [0.05, 0.1) is 6.61 Å². The smallest absolute Gasteiger partial charge is 0.379 e.